The monoisotopic (exact) mass is 210 g/mol. The van der Waals surface area contributed by atoms with E-state index in [1.165, 1.54) is 19.3 Å². The van der Waals surface area contributed by atoms with Gasteiger partial charge in [-0.2, -0.15) is 0 Å². The Kier molecular flexibility index (Phi) is 5.40. The molecule has 0 aromatic heterocycles. The maximum atomic E-state index is 11.6. The molecule has 15 heavy (non-hydrogen) atoms. The van der Waals surface area contributed by atoms with Crippen LogP contribution in [0, 0.1) is 5.92 Å². The predicted molar refractivity (Wildman–Crippen MR) is 62.4 cm³/mol. The highest BCUT2D eigenvalue weighted by molar-refractivity contribution is 5.81. The Morgan fingerprint density at radius 2 is 2.20 bits per heavy atom. The topological polar surface area (TPSA) is 55.1 Å². The van der Waals surface area contributed by atoms with E-state index in [9.17, 15) is 4.79 Å². The fourth-order valence-corrected chi connectivity index (χ4v) is 1.82. The average molecular weight is 210 g/mol. The lowest BCUT2D eigenvalue weighted by molar-refractivity contribution is -0.123. The van der Waals surface area contributed by atoms with Crippen molar-refractivity contribution in [2.24, 2.45) is 11.7 Å². The van der Waals surface area contributed by atoms with Gasteiger partial charge >= 0.3 is 0 Å². The average Bonchev–Trinajstić information content (AvgIpc) is 2.64. The lowest BCUT2D eigenvalue weighted by Crippen LogP contribution is -2.31. The fraction of sp³-hybridized carbons (Fsp3) is 0.750. The van der Waals surface area contributed by atoms with Gasteiger partial charge in [0, 0.05) is 12.6 Å². The molecule has 0 aliphatic heterocycles. The van der Waals surface area contributed by atoms with Crippen LogP contribution in [0.4, 0.5) is 0 Å². The molecule has 1 rings (SSSR count). The van der Waals surface area contributed by atoms with Crippen LogP contribution in [0.25, 0.3) is 0 Å². The minimum absolute atomic E-state index is 0.00572. The van der Waals surface area contributed by atoms with E-state index in [1.54, 1.807) is 0 Å². The molecular weight excluding hydrogens is 188 g/mol. The number of rotatable bonds is 6. The number of carbonyl (C=O) groups is 1. The van der Waals surface area contributed by atoms with Gasteiger partial charge in [-0.3, -0.25) is 4.79 Å². The van der Waals surface area contributed by atoms with Gasteiger partial charge in [-0.05, 0) is 12.8 Å². The molecule has 0 radical (unpaired) electrons. The minimum Gasteiger partial charge on any atom is -0.356 e. The van der Waals surface area contributed by atoms with Crippen LogP contribution in [0.2, 0.25) is 0 Å². The van der Waals surface area contributed by atoms with Gasteiger partial charge in [0.2, 0.25) is 5.91 Å². The first-order valence-corrected chi connectivity index (χ1v) is 5.95. The van der Waals surface area contributed by atoms with Crippen molar-refractivity contribution < 1.29 is 4.79 Å². The standard InChI is InChI=1S/C12H22N2O/c1-2-3-4-5-8-14-12(15)10-6-7-11(13)9-10/h6-7,10-11H,2-5,8-9,13H2,1H3,(H,14,15). The summed E-state index contributed by atoms with van der Waals surface area (Å²) in [5.74, 6) is 0.141. The van der Waals surface area contributed by atoms with Crippen molar-refractivity contribution in [3.63, 3.8) is 0 Å². The molecule has 0 bridgehead atoms. The van der Waals surface area contributed by atoms with E-state index in [0.29, 0.717) is 0 Å². The summed E-state index contributed by atoms with van der Waals surface area (Å²) < 4.78 is 0. The molecule has 0 heterocycles. The summed E-state index contributed by atoms with van der Waals surface area (Å²) in [6, 6.07) is 0.0702. The van der Waals surface area contributed by atoms with Crippen LogP contribution in [0.1, 0.15) is 39.0 Å². The molecule has 3 N–H and O–H groups in total. The van der Waals surface area contributed by atoms with Crippen molar-refractivity contribution in [3.8, 4) is 0 Å². The Balaban J connectivity index is 2.06. The molecule has 1 aliphatic rings. The number of nitrogens with two attached hydrogens (primary N) is 1. The van der Waals surface area contributed by atoms with E-state index in [1.807, 2.05) is 12.2 Å². The van der Waals surface area contributed by atoms with Crippen molar-refractivity contribution in [1.29, 1.82) is 0 Å². The van der Waals surface area contributed by atoms with Crippen molar-refractivity contribution in [1.82, 2.24) is 5.32 Å². The van der Waals surface area contributed by atoms with Gasteiger partial charge in [0.05, 0.1) is 5.92 Å². The SMILES string of the molecule is CCCCCCNC(=O)C1C=CC(N)C1. The third-order valence-corrected chi connectivity index (χ3v) is 2.78. The second-order valence-corrected chi connectivity index (χ2v) is 4.24. The smallest absolute Gasteiger partial charge is 0.226 e. The van der Waals surface area contributed by atoms with Crippen molar-refractivity contribution in [2.45, 2.75) is 45.1 Å². The highest BCUT2D eigenvalue weighted by Gasteiger charge is 2.21. The third-order valence-electron chi connectivity index (χ3n) is 2.78. The van der Waals surface area contributed by atoms with Crippen LogP contribution >= 0.6 is 0 Å². The second kappa shape index (κ2) is 6.62. The van der Waals surface area contributed by atoms with Crippen LogP contribution in [0.3, 0.4) is 0 Å². The number of nitrogens with one attached hydrogen (secondary N) is 1. The Bertz CT molecular complexity index is 226. The second-order valence-electron chi connectivity index (χ2n) is 4.24. The number of unbranched alkanes of at least 4 members (excludes halogenated alkanes) is 3. The van der Waals surface area contributed by atoms with Crippen LogP contribution in [-0.4, -0.2) is 18.5 Å². The molecule has 2 unspecified atom stereocenters. The molecule has 1 aliphatic carbocycles. The van der Waals surface area contributed by atoms with Gasteiger partial charge in [-0.25, -0.2) is 0 Å². The number of hydrogen-bond donors (Lipinski definition) is 2. The lowest BCUT2D eigenvalue weighted by atomic mass is 10.1. The van der Waals surface area contributed by atoms with E-state index in [-0.39, 0.29) is 17.9 Å². The predicted octanol–water partition coefficient (Wildman–Crippen LogP) is 1.59. The van der Waals surface area contributed by atoms with E-state index >= 15 is 0 Å². The first-order chi connectivity index (χ1) is 7.24. The summed E-state index contributed by atoms with van der Waals surface area (Å²) >= 11 is 0. The van der Waals surface area contributed by atoms with Crippen LogP contribution in [0.5, 0.6) is 0 Å². The van der Waals surface area contributed by atoms with Gasteiger partial charge < -0.3 is 11.1 Å². The number of hydrogen-bond acceptors (Lipinski definition) is 2. The summed E-state index contributed by atoms with van der Waals surface area (Å²) in [6.07, 6.45) is 9.38. The van der Waals surface area contributed by atoms with Crippen molar-refractivity contribution >= 4 is 5.91 Å². The Labute approximate surface area is 92.1 Å². The maximum absolute atomic E-state index is 11.6. The normalized spacial score (nSPS) is 24.4. The summed E-state index contributed by atoms with van der Waals surface area (Å²) in [6.45, 7) is 2.99. The van der Waals surface area contributed by atoms with Gasteiger partial charge in [0.25, 0.3) is 0 Å². The van der Waals surface area contributed by atoms with Gasteiger partial charge in [-0.1, -0.05) is 38.3 Å². The van der Waals surface area contributed by atoms with Crippen LogP contribution in [-0.2, 0) is 4.79 Å². The van der Waals surface area contributed by atoms with E-state index < -0.39 is 0 Å². The summed E-state index contributed by atoms with van der Waals surface area (Å²) in [4.78, 5) is 11.6. The quantitative estimate of drug-likeness (QED) is 0.516. The molecule has 86 valence electrons. The third kappa shape index (κ3) is 4.47. The molecule has 3 nitrogen and oxygen atoms in total. The molecule has 0 spiro atoms. The van der Waals surface area contributed by atoms with E-state index in [0.717, 1.165) is 19.4 Å². The molecule has 0 saturated heterocycles. The van der Waals surface area contributed by atoms with Gasteiger partial charge in [0.15, 0.2) is 0 Å². The lowest BCUT2D eigenvalue weighted by Gasteiger charge is -2.10. The van der Waals surface area contributed by atoms with E-state index in [4.69, 9.17) is 5.73 Å². The number of amides is 1. The molecular formula is C12H22N2O. The molecule has 3 heteroatoms. The van der Waals surface area contributed by atoms with Gasteiger partial charge in [0.1, 0.15) is 0 Å². The fourth-order valence-electron chi connectivity index (χ4n) is 1.82. The Morgan fingerprint density at radius 1 is 1.40 bits per heavy atom. The van der Waals surface area contributed by atoms with Crippen molar-refractivity contribution in [2.75, 3.05) is 6.54 Å². The molecule has 2 atom stereocenters. The Hall–Kier alpha value is -0.830. The highest BCUT2D eigenvalue weighted by Crippen LogP contribution is 2.16. The van der Waals surface area contributed by atoms with Crippen LogP contribution in [0.15, 0.2) is 12.2 Å². The minimum atomic E-state index is 0.00572. The first kappa shape index (κ1) is 12.2. The van der Waals surface area contributed by atoms with E-state index in [2.05, 4.69) is 12.2 Å². The molecule has 1 amide bonds. The first-order valence-electron chi connectivity index (χ1n) is 5.95. The summed E-state index contributed by atoms with van der Waals surface area (Å²) in [5.41, 5.74) is 5.69. The zero-order valence-electron chi connectivity index (χ0n) is 9.54. The van der Waals surface area contributed by atoms with Gasteiger partial charge in [-0.15, -0.1) is 0 Å². The Morgan fingerprint density at radius 3 is 2.80 bits per heavy atom. The summed E-state index contributed by atoms with van der Waals surface area (Å²) in [7, 11) is 0. The molecule has 0 aromatic rings. The largest absolute Gasteiger partial charge is 0.356 e. The zero-order chi connectivity index (χ0) is 11.1. The van der Waals surface area contributed by atoms with Crippen LogP contribution < -0.4 is 11.1 Å². The molecule has 0 fully saturated rings. The summed E-state index contributed by atoms with van der Waals surface area (Å²) in [5, 5.41) is 2.96. The highest BCUT2D eigenvalue weighted by atomic mass is 16.1. The maximum Gasteiger partial charge on any atom is 0.226 e. The van der Waals surface area contributed by atoms with Crippen molar-refractivity contribution in [3.05, 3.63) is 12.2 Å². The number of carbonyl (C=O) groups excluding carboxylic acids is 1. The molecule has 0 saturated carbocycles. The molecule has 0 aromatic carbocycles. The zero-order valence-corrected chi connectivity index (χ0v) is 9.54.